The summed E-state index contributed by atoms with van der Waals surface area (Å²) in [6.45, 7) is 8.32. The Bertz CT molecular complexity index is 447. The molecule has 0 unspecified atom stereocenters. The summed E-state index contributed by atoms with van der Waals surface area (Å²) in [5.41, 5.74) is 2.29. The number of carbonyl (C=O) groups is 1. The SMILES string of the molecule is CCc1nnc(C)cc1C(=O)N1CCN[C@H](C)C1. The van der Waals surface area contributed by atoms with E-state index in [2.05, 4.69) is 22.4 Å². The summed E-state index contributed by atoms with van der Waals surface area (Å²) in [7, 11) is 0. The van der Waals surface area contributed by atoms with Gasteiger partial charge in [0.15, 0.2) is 0 Å². The van der Waals surface area contributed by atoms with E-state index < -0.39 is 0 Å². The van der Waals surface area contributed by atoms with E-state index in [1.807, 2.05) is 24.8 Å². The normalized spacial score (nSPS) is 19.9. The quantitative estimate of drug-likeness (QED) is 0.840. The van der Waals surface area contributed by atoms with Crippen molar-refractivity contribution in [2.45, 2.75) is 33.2 Å². The highest BCUT2D eigenvalue weighted by Gasteiger charge is 2.23. The molecule has 1 amide bonds. The molecule has 0 aromatic carbocycles. The maximum Gasteiger partial charge on any atom is 0.255 e. The van der Waals surface area contributed by atoms with Crippen molar-refractivity contribution < 1.29 is 4.79 Å². The Morgan fingerprint density at radius 1 is 1.56 bits per heavy atom. The zero-order valence-electron chi connectivity index (χ0n) is 11.2. The first-order valence-electron chi connectivity index (χ1n) is 6.47. The molecule has 1 N–H and O–H groups in total. The van der Waals surface area contributed by atoms with Crippen LogP contribution in [0.2, 0.25) is 0 Å². The van der Waals surface area contributed by atoms with Gasteiger partial charge >= 0.3 is 0 Å². The molecule has 0 aliphatic carbocycles. The Morgan fingerprint density at radius 2 is 2.33 bits per heavy atom. The highest BCUT2D eigenvalue weighted by atomic mass is 16.2. The molecule has 1 aromatic heterocycles. The smallest absolute Gasteiger partial charge is 0.255 e. The predicted octanol–water partition coefficient (Wildman–Crippen LogP) is 0.781. The van der Waals surface area contributed by atoms with E-state index in [1.165, 1.54) is 0 Å². The zero-order valence-corrected chi connectivity index (χ0v) is 11.2. The van der Waals surface area contributed by atoms with E-state index in [0.717, 1.165) is 37.4 Å². The number of hydrogen-bond donors (Lipinski definition) is 1. The average molecular weight is 248 g/mol. The van der Waals surface area contributed by atoms with Gasteiger partial charge in [0.1, 0.15) is 0 Å². The minimum atomic E-state index is 0.0817. The van der Waals surface area contributed by atoms with E-state index in [9.17, 15) is 4.79 Å². The number of aromatic nitrogens is 2. The summed E-state index contributed by atoms with van der Waals surface area (Å²) >= 11 is 0. The van der Waals surface area contributed by atoms with Gasteiger partial charge in [-0.15, -0.1) is 0 Å². The molecule has 98 valence electrons. The van der Waals surface area contributed by atoms with E-state index >= 15 is 0 Å². The van der Waals surface area contributed by atoms with Crippen molar-refractivity contribution >= 4 is 5.91 Å². The molecule has 1 aromatic rings. The van der Waals surface area contributed by atoms with Crippen LogP contribution in [0.4, 0.5) is 0 Å². The Kier molecular flexibility index (Phi) is 3.91. The van der Waals surface area contributed by atoms with Crippen molar-refractivity contribution in [3.05, 3.63) is 23.0 Å². The highest BCUT2D eigenvalue weighted by molar-refractivity contribution is 5.95. The topological polar surface area (TPSA) is 58.1 Å². The number of amides is 1. The summed E-state index contributed by atoms with van der Waals surface area (Å²) in [6.07, 6.45) is 0.732. The van der Waals surface area contributed by atoms with Gasteiger partial charge in [-0.1, -0.05) is 6.92 Å². The van der Waals surface area contributed by atoms with Crippen molar-refractivity contribution in [3.8, 4) is 0 Å². The van der Waals surface area contributed by atoms with E-state index in [1.54, 1.807) is 0 Å². The third-order valence-corrected chi connectivity index (χ3v) is 3.21. The fourth-order valence-electron chi connectivity index (χ4n) is 2.25. The molecule has 2 heterocycles. The molecule has 5 nitrogen and oxygen atoms in total. The van der Waals surface area contributed by atoms with Gasteiger partial charge in [-0.25, -0.2) is 0 Å². The largest absolute Gasteiger partial charge is 0.336 e. The summed E-state index contributed by atoms with van der Waals surface area (Å²) < 4.78 is 0. The van der Waals surface area contributed by atoms with E-state index in [0.29, 0.717) is 11.6 Å². The van der Waals surface area contributed by atoms with Crippen LogP contribution in [0.3, 0.4) is 0 Å². The number of hydrogen-bond acceptors (Lipinski definition) is 4. The minimum absolute atomic E-state index is 0.0817. The number of nitrogens with zero attached hydrogens (tertiary/aromatic N) is 3. The van der Waals surface area contributed by atoms with Crippen LogP contribution >= 0.6 is 0 Å². The van der Waals surface area contributed by atoms with Crippen molar-refractivity contribution in [1.82, 2.24) is 20.4 Å². The predicted molar refractivity (Wildman–Crippen MR) is 69.5 cm³/mol. The first-order chi connectivity index (χ1) is 8.61. The van der Waals surface area contributed by atoms with E-state index in [4.69, 9.17) is 0 Å². The number of aryl methyl sites for hydroxylation is 2. The van der Waals surface area contributed by atoms with Gasteiger partial charge < -0.3 is 10.2 Å². The number of carbonyl (C=O) groups excluding carboxylic acids is 1. The lowest BCUT2D eigenvalue weighted by Gasteiger charge is -2.32. The molecule has 1 aliphatic rings. The molecule has 2 rings (SSSR count). The fraction of sp³-hybridized carbons (Fsp3) is 0.615. The van der Waals surface area contributed by atoms with Crippen LogP contribution in [0.1, 0.15) is 35.6 Å². The molecular formula is C13H20N4O. The van der Waals surface area contributed by atoms with Gasteiger partial charge in [-0.3, -0.25) is 4.79 Å². The van der Waals surface area contributed by atoms with Gasteiger partial charge in [0.25, 0.3) is 5.91 Å². The third kappa shape index (κ3) is 2.67. The minimum Gasteiger partial charge on any atom is -0.336 e. The lowest BCUT2D eigenvalue weighted by Crippen LogP contribution is -2.51. The maximum absolute atomic E-state index is 12.5. The second-order valence-electron chi connectivity index (χ2n) is 4.81. The second-order valence-corrected chi connectivity index (χ2v) is 4.81. The molecule has 1 saturated heterocycles. The average Bonchev–Trinajstić information content (AvgIpc) is 2.38. The van der Waals surface area contributed by atoms with Gasteiger partial charge in [0, 0.05) is 25.7 Å². The number of nitrogens with one attached hydrogen (secondary N) is 1. The molecule has 1 fully saturated rings. The van der Waals surface area contributed by atoms with Crippen LogP contribution in [0.5, 0.6) is 0 Å². The molecule has 0 bridgehead atoms. The van der Waals surface area contributed by atoms with Gasteiger partial charge in [0.2, 0.25) is 0 Å². The molecule has 18 heavy (non-hydrogen) atoms. The van der Waals surface area contributed by atoms with Crippen LogP contribution in [-0.2, 0) is 6.42 Å². The lowest BCUT2D eigenvalue weighted by atomic mass is 10.1. The molecule has 5 heteroatoms. The number of piperazine rings is 1. The van der Waals surface area contributed by atoms with E-state index in [-0.39, 0.29) is 5.91 Å². The Labute approximate surface area is 108 Å². The van der Waals surface area contributed by atoms with Gasteiger partial charge in [-0.05, 0) is 26.3 Å². The zero-order chi connectivity index (χ0) is 13.1. The first kappa shape index (κ1) is 13.0. The molecule has 0 radical (unpaired) electrons. The number of rotatable bonds is 2. The van der Waals surface area contributed by atoms with Crippen LogP contribution < -0.4 is 5.32 Å². The summed E-state index contributed by atoms with van der Waals surface area (Å²) in [4.78, 5) is 14.4. The van der Waals surface area contributed by atoms with Gasteiger partial charge in [0.05, 0.1) is 17.0 Å². The van der Waals surface area contributed by atoms with Crippen molar-refractivity contribution in [2.24, 2.45) is 0 Å². The fourth-order valence-corrected chi connectivity index (χ4v) is 2.25. The molecule has 1 atom stereocenters. The summed E-state index contributed by atoms with van der Waals surface area (Å²) in [5.74, 6) is 0.0817. The molecule has 1 aliphatic heterocycles. The standard InChI is InChI=1S/C13H20N4O/c1-4-12-11(7-9(2)15-16-12)13(18)17-6-5-14-10(3)8-17/h7,10,14H,4-6,8H2,1-3H3/t10-/m1/s1. The van der Waals surface area contributed by atoms with Crippen LogP contribution in [0.15, 0.2) is 6.07 Å². The first-order valence-corrected chi connectivity index (χ1v) is 6.47. The van der Waals surface area contributed by atoms with Gasteiger partial charge in [-0.2, -0.15) is 10.2 Å². The lowest BCUT2D eigenvalue weighted by molar-refractivity contribution is 0.0707. The third-order valence-electron chi connectivity index (χ3n) is 3.21. The Hall–Kier alpha value is -1.49. The second kappa shape index (κ2) is 5.44. The van der Waals surface area contributed by atoms with Crippen molar-refractivity contribution in [1.29, 1.82) is 0 Å². The monoisotopic (exact) mass is 248 g/mol. The Balaban J connectivity index is 2.24. The summed E-state index contributed by atoms with van der Waals surface area (Å²) in [5, 5.41) is 11.5. The summed E-state index contributed by atoms with van der Waals surface area (Å²) in [6, 6.07) is 2.20. The van der Waals surface area contributed by atoms with Crippen LogP contribution in [0, 0.1) is 6.92 Å². The highest BCUT2D eigenvalue weighted by Crippen LogP contribution is 2.12. The van der Waals surface area contributed by atoms with Crippen molar-refractivity contribution in [2.75, 3.05) is 19.6 Å². The maximum atomic E-state index is 12.5. The van der Waals surface area contributed by atoms with Crippen LogP contribution in [0.25, 0.3) is 0 Å². The molecule has 0 saturated carbocycles. The van der Waals surface area contributed by atoms with Crippen molar-refractivity contribution in [3.63, 3.8) is 0 Å². The van der Waals surface area contributed by atoms with Crippen LogP contribution in [-0.4, -0.2) is 46.7 Å². The molecule has 0 spiro atoms. The molecular weight excluding hydrogens is 228 g/mol. The Morgan fingerprint density at radius 3 is 3.00 bits per heavy atom.